The van der Waals surface area contributed by atoms with Crippen LogP contribution in [0.25, 0.3) is 6.08 Å². The van der Waals surface area contributed by atoms with Gasteiger partial charge in [-0.15, -0.1) is 0 Å². The lowest BCUT2D eigenvalue weighted by atomic mass is 10.1. The van der Waals surface area contributed by atoms with Crippen LogP contribution in [0.15, 0.2) is 36.4 Å². The fourth-order valence-corrected chi connectivity index (χ4v) is 2.82. The highest BCUT2D eigenvalue weighted by atomic mass is 16.5. The highest BCUT2D eigenvalue weighted by molar-refractivity contribution is 5.92. The molecule has 1 atom stereocenters. The predicted molar refractivity (Wildman–Crippen MR) is 100 cm³/mol. The highest BCUT2D eigenvalue weighted by Gasteiger charge is 2.21. The van der Waals surface area contributed by atoms with Crippen LogP contribution < -0.4 is 0 Å². The van der Waals surface area contributed by atoms with E-state index in [2.05, 4.69) is 4.90 Å². The molecule has 0 saturated carbocycles. The Balaban J connectivity index is 1.98. The first-order valence-corrected chi connectivity index (χ1v) is 9.00. The first-order valence-electron chi connectivity index (χ1n) is 9.00. The van der Waals surface area contributed by atoms with Crippen molar-refractivity contribution in [3.63, 3.8) is 0 Å². The Bertz CT molecular complexity index is 597. The topological polar surface area (TPSA) is 59.1 Å². The zero-order valence-electron chi connectivity index (χ0n) is 15.6. The van der Waals surface area contributed by atoms with Crippen molar-refractivity contribution in [3.05, 3.63) is 42.0 Å². The molecule has 2 rings (SSSR count). The Hall–Kier alpha value is -2.18. The van der Waals surface area contributed by atoms with Gasteiger partial charge in [-0.3, -0.25) is 14.5 Å². The molecule has 1 fully saturated rings. The molecule has 1 unspecified atom stereocenters. The van der Waals surface area contributed by atoms with Gasteiger partial charge in [0, 0.05) is 38.8 Å². The summed E-state index contributed by atoms with van der Waals surface area (Å²) in [6.07, 6.45) is 3.37. The summed E-state index contributed by atoms with van der Waals surface area (Å²) in [5, 5.41) is 0. The monoisotopic (exact) mass is 360 g/mol. The Morgan fingerprint density at radius 3 is 2.62 bits per heavy atom. The molecule has 6 nitrogen and oxygen atoms in total. The van der Waals surface area contributed by atoms with Crippen LogP contribution >= 0.6 is 0 Å². The van der Waals surface area contributed by atoms with Crippen molar-refractivity contribution < 1.29 is 19.1 Å². The van der Waals surface area contributed by atoms with Gasteiger partial charge in [0.25, 0.3) is 0 Å². The quantitative estimate of drug-likeness (QED) is 0.521. The number of nitrogens with zero attached hydrogens (tertiary/aromatic N) is 2. The van der Waals surface area contributed by atoms with Crippen molar-refractivity contribution in [1.29, 1.82) is 0 Å². The number of carbonyl (C=O) groups is 2. The summed E-state index contributed by atoms with van der Waals surface area (Å²) >= 11 is 0. The van der Waals surface area contributed by atoms with Crippen molar-refractivity contribution >= 4 is 18.0 Å². The van der Waals surface area contributed by atoms with Crippen molar-refractivity contribution in [2.24, 2.45) is 5.92 Å². The summed E-state index contributed by atoms with van der Waals surface area (Å²) in [5.74, 6) is -0.766. The molecule has 1 aromatic carbocycles. The molecule has 0 aromatic heterocycles. The third-order valence-electron chi connectivity index (χ3n) is 4.42. The SMILES string of the molecule is COC(=O)C(C)CN(CCN1CCOCC1)C(=O)/C=C/c1ccccc1. The van der Waals surface area contributed by atoms with Gasteiger partial charge in [-0.05, 0) is 11.6 Å². The molecular formula is C20H28N2O4. The van der Waals surface area contributed by atoms with E-state index in [1.165, 1.54) is 7.11 Å². The summed E-state index contributed by atoms with van der Waals surface area (Å²) < 4.78 is 10.2. The van der Waals surface area contributed by atoms with Crippen LogP contribution in [0.1, 0.15) is 12.5 Å². The number of rotatable bonds is 8. The van der Waals surface area contributed by atoms with Crippen molar-refractivity contribution in [2.45, 2.75) is 6.92 Å². The van der Waals surface area contributed by atoms with Crippen LogP contribution in [0.3, 0.4) is 0 Å². The molecule has 1 saturated heterocycles. The number of hydrogen-bond donors (Lipinski definition) is 0. The van der Waals surface area contributed by atoms with Gasteiger partial charge in [0.05, 0.1) is 26.2 Å². The summed E-state index contributed by atoms with van der Waals surface area (Å²) in [5.41, 5.74) is 0.968. The molecule has 0 spiro atoms. The molecule has 1 aliphatic rings. The van der Waals surface area contributed by atoms with Crippen LogP contribution in [0.5, 0.6) is 0 Å². The zero-order chi connectivity index (χ0) is 18.8. The molecule has 0 bridgehead atoms. The van der Waals surface area contributed by atoms with E-state index in [9.17, 15) is 9.59 Å². The van der Waals surface area contributed by atoms with Gasteiger partial charge < -0.3 is 14.4 Å². The summed E-state index contributed by atoms with van der Waals surface area (Å²) in [6.45, 7) is 6.64. The van der Waals surface area contributed by atoms with E-state index in [0.717, 1.165) is 38.4 Å². The lowest BCUT2D eigenvalue weighted by molar-refractivity contribution is -0.146. The molecule has 0 radical (unpaired) electrons. The maximum Gasteiger partial charge on any atom is 0.310 e. The van der Waals surface area contributed by atoms with Gasteiger partial charge in [-0.2, -0.15) is 0 Å². The molecule has 6 heteroatoms. The number of esters is 1. The fraction of sp³-hybridized carbons (Fsp3) is 0.500. The number of benzene rings is 1. The summed E-state index contributed by atoms with van der Waals surface area (Å²) in [7, 11) is 1.37. The molecule has 1 aliphatic heterocycles. The predicted octanol–water partition coefficient (Wildman–Crippen LogP) is 1.67. The normalized spacial score (nSPS) is 16.4. The van der Waals surface area contributed by atoms with E-state index in [1.54, 1.807) is 24.0 Å². The van der Waals surface area contributed by atoms with Crippen molar-refractivity contribution in [3.8, 4) is 0 Å². The molecule has 26 heavy (non-hydrogen) atoms. The lowest BCUT2D eigenvalue weighted by Crippen LogP contribution is -2.44. The Morgan fingerprint density at radius 1 is 1.27 bits per heavy atom. The third-order valence-corrected chi connectivity index (χ3v) is 4.42. The smallest absolute Gasteiger partial charge is 0.310 e. The average molecular weight is 360 g/mol. The number of morpholine rings is 1. The van der Waals surface area contributed by atoms with Gasteiger partial charge in [-0.1, -0.05) is 37.3 Å². The molecule has 142 valence electrons. The van der Waals surface area contributed by atoms with E-state index >= 15 is 0 Å². The largest absolute Gasteiger partial charge is 0.469 e. The number of carbonyl (C=O) groups excluding carboxylic acids is 2. The van der Waals surface area contributed by atoms with E-state index in [0.29, 0.717) is 13.1 Å². The number of hydrogen-bond acceptors (Lipinski definition) is 5. The van der Waals surface area contributed by atoms with E-state index in [-0.39, 0.29) is 17.8 Å². The second-order valence-corrected chi connectivity index (χ2v) is 6.41. The maximum absolute atomic E-state index is 12.7. The van der Waals surface area contributed by atoms with Crippen LogP contribution in [-0.2, 0) is 19.1 Å². The summed E-state index contributed by atoms with van der Waals surface area (Å²) in [6, 6.07) is 9.68. The van der Waals surface area contributed by atoms with E-state index < -0.39 is 0 Å². The van der Waals surface area contributed by atoms with Crippen LogP contribution in [-0.4, -0.2) is 74.7 Å². The van der Waals surface area contributed by atoms with Gasteiger partial charge >= 0.3 is 5.97 Å². The molecule has 0 N–H and O–H groups in total. The Morgan fingerprint density at radius 2 is 1.96 bits per heavy atom. The number of ether oxygens (including phenoxy) is 2. The Labute approximate surface area is 155 Å². The first kappa shape index (κ1) is 20.1. The van der Waals surface area contributed by atoms with Gasteiger partial charge in [0.15, 0.2) is 0 Å². The minimum absolute atomic E-state index is 0.0992. The second-order valence-electron chi connectivity index (χ2n) is 6.41. The summed E-state index contributed by atoms with van der Waals surface area (Å²) in [4.78, 5) is 28.4. The fourth-order valence-electron chi connectivity index (χ4n) is 2.82. The van der Waals surface area contributed by atoms with Gasteiger partial charge in [0.1, 0.15) is 0 Å². The van der Waals surface area contributed by atoms with Crippen molar-refractivity contribution in [1.82, 2.24) is 9.80 Å². The molecule has 1 aromatic rings. The average Bonchev–Trinajstić information content (AvgIpc) is 2.70. The molecule has 0 aliphatic carbocycles. The van der Waals surface area contributed by atoms with E-state index in [1.807, 2.05) is 30.3 Å². The number of amides is 1. The van der Waals surface area contributed by atoms with E-state index in [4.69, 9.17) is 9.47 Å². The minimum Gasteiger partial charge on any atom is -0.469 e. The second kappa shape index (κ2) is 10.7. The first-order chi connectivity index (χ1) is 12.6. The zero-order valence-corrected chi connectivity index (χ0v) is 15.6. The molecule has 1 amide bonds. The molecule has 1 heterocycles. The van der Waals surface area contributed by atoms with Crippen LogP contribution in [0, 0.1) is 5.92 Å². The van der Waals surface area contributed by atoms with Crippen LogP contribution in [0.2, 0.25) is 0 Å². The maximum atomic E-state index is 12.7. The highest BCUT2D eigenvalue weighted by Crippen LogP contribution is 2.07. The lowest BCUT2D eigenvalue weighted by Gasteiger charge is -2.30. The van der Waals surface area contributed by atoms with Gasteiger partial charge in [-0.25, -0.2) is 0 Å². The van der Waals surface area contributed by atoms with Crippen LogP contribution in [0.4, 0.5) is 0 Å². The Kier molecular flexibility index (Phi) is 8.31. The standard InChI is InChI=1S/C20H28N2O4/c1-17(20(24)25-2)16-22(11-10-21-12-14-26-15-13-21)19(23)9-8-18-6-4-3-5-7-18/h3-9,17H,10-16H2,1-2H3/b9-8+. The minimum atomic E-state index is -0.362. The third kappa shape index (κ3) is 6.61. The number of methoxy groups -OCH3 is 1. The van der Waals surface area contributed by atoms with Crippen molar-refractivity contribution in [2.75, 3.05) is 53.0 Å². The van der Waals surface area contributed by atoms with Gasteiger partial charge in [0.2, 0.25) is 5.91 Å². The molecular weight excluding hydrogens is 332 g/mol.